The van der Waals surface area contributed by atoms with Crippen LogP contribution in [0, 0.1) is 46.3 Å². The Morgan fingerprint density at radius 3 is 1.02 bits per heavy atom. The van der Waals surface area contributed by atoms with Crippen LogP contribution in [0.3, 0.4) is 0 Å². The van der Waals surface area contributed by atoms with E-state index in [4.69, 9.17) is 95.7 Å². The highest BCUT2D eigenvalue weighted by Gasteiger charge is 2.32. The van der Waals surface area contributed by atoms with Gasteiger partial charge in [0.2, 0.25) is 29.4 Å². The minimum atomic E-state index is -0.749. The molecule has 5 aromatic rings. The van der Waals surface area contributed by atoms with Gasteiger partial charge >= 0.3 is 54.6 Å². The zero-order chi connectivity index (χ0) is 97.5. The maximum atomic E-state index is 12.3. The van der Waals surface area contributed by atoms with Gasteiger partial charge in [-0.05, 0) is 185 Å². The molecule has 0 aliphatic carbocycles. The van der Waals surface area contributed by atoms with Crippen molar-refractivity contribution in [3.8, 4) is 29.4 Å². The molecule has 1 N–H and O–H groups in total. The Morgan fingerprint density at radius 1 is 0.416 bits per heavy atom. The van der Waals surface area contributed by atoms with Gasteiger partial charge in [-0.25, -0.2) is 28.2 Å². The number of aldehydes is 1. The summed E-state index contributed by atoms with van der Waals surface area (Å²) < 4.78 is 58.6. The molecule has 0 radical (unpaired) electrons. The molecule has 5 aromatic heterocycles. The van der Waals surface area contributed by atoms with E-state index in [1.165, 1.54) is 0 Å². The molecule has 0 aromatic carbocycles. The molecule has 5 heterocycles. The van der Waals surface area contributed by atoms with Gasteiger partial charge in [0.15, 0.2) is 0 Å². The number of hydrogen-bond donors (Lipinski definition) is 1. The van der Waals surface area contributed by atoms with Crippen LogP contribution in [0.2, 0.25) is 0 Å². The number of aromatic nitrogens is 10. The van der Waals surface area contributed by atoms with E-state index in [0.29, 0.717) is 87.2 Å². The Bertz CT molecular complexity index is 4000. The standard InChI is InChI=1S/C19H32N2O3.C18H30N2O3.C17H28N2O3.C11H20N2O2.C11H18N2O2.C8H16O2.5CO2.BrH/c1-9-15-12-20-21(16(15)23-13-14(2)3)11-10-19(7,8)17(22)24-18(4,5)6;1-8-15-11-19-20(16(15)22-12-13(2)3)10-9-14(4)17(21)23-18(5,6)7;1-13(2)12-21-14-8-10-18-19(14)11-9-17(6,7)15(20)22-16(3,4)5;2*1-4-10-7-12-13(5-6-14)11(10)15-8-9(2)3;1-6(2)7(9)10-8(3,4)5;5*2-1-3;/h10-12,14H,9,13H2,1-8H3;9,11,13H,8,10,12H2,1-7H3;8-11,13H,12H2,1-7H3;7,9,14H,4-6,8H2,1-3H3;6-7,9H,4-5,8H2,1-3H3;6H,1-5H3;;;;;;1H/p-1/b11-10+;14-9+;11-9+;;;;;;;;;. The van der Waals surface area contributed by atoms with Crippen molar-refractivity contribution >= 4 is 73.3 Å². The van der Waals surface area contributed by atoms with Crippen LogP contribution in [-0.4, -0.2) is 177 Å². The summed E-state index contributed by atoms with van der Waals surface area (Å²) in [5, 5.41) is 30.1. The molecule has 0 amide bonds. The minimum Gasteiger partial charge on any atom is -1.00 e. The fourth-order valence-corrected chi connectivity index (χ4v) is 8.26. The van der Waals surface area contributed by atoms with Crippen LogP contribution in [-0.2, 0) is 136 Å². The monoisotopic (exact) mass is 1830 g/mol. The largest absolute Gasteiger partial charge is 1.00 e. The second kappa shape index (κ2) is 68.5. The maximum Gasteiger partial charge on any atom is 0.373 e. The van der Waals surface area contributed by atoms with Crippen molar-refractivity contribution in [3.05, 3.63) is 83.1 Å². The average Bonchev–Trinajstić information content (AvgIpc) is 1.78. The molecular weight excluding hydrogens is 1690 g/mol. The van der Waals surface area contributed by atoms with Gasteiger partial charge in [0.1, 0.15) is 35.2 Å². The molecule has 0 atom stereocenters. The third kappa shape index (κ3) is 64.6. The van der Waals surface area contributed by atoms with Gasteiger partial charge in [0.05, 0.1) is 100 Å². The van der Waals surface area contributed by atoms with Gasteiger partial charge in [0, 0.05) is 46.3 Å². The fraction of sp³-hybridized carbons (Fsp3) is 0.652. The van der Waals surface area contributed by atoms with E-state index in [2.05, 4.69) is 116 Å². The average molecular weight is 1830 g/mol. The van der Waals surface area contributed by atoms with Crippen LogP contribution in [0.1, 0.15) is 251 Å². The number of aliphatic hydroxyl groups is 1. The molecule has 0 saturated heterocycles. The van der Waals surface area contributed by atoms with E-state index in [9.17, 15) is 24.0 Å². The number of hydrogen-bond acceptors (Lipinski definition) is 30. The van der Waals surface area contributed by atoms with Crippen molar-refractivity contribution in [2.24, 2.45) is 46.3 Å². The van der Waals surface area contributed by atoms with Crippen molar-refractivity contribution in [3.63, 3.8) is 0 Å². The van der Waals surface area contributed by atoms with Gasteiger partial charge in [0.25, 0.3) is 0 Å². The summed E-state index contributed by atoms with van der Waals surface area (Å²) in [6.07, 6.45) is 23.3. The Labute approximate surface area is 749 Å². The molecule has 5 rings (SSSR count). The smallest absolute Gasteiger partial charge is 0.373 e. The summed E-state index contributed by atoms with van der Waals surface area (Å²) >= 11 is 0. The summed E-state index contributed by atoms with van der Waals surface area (Å²) in [7, 11) is 0. The highest BCUT2D eigenvalue weighted by atomic mass is 79.9. The first kappa shape index (κ1) is 127. The molecule has 0 aliphatic rings. The SMILES string of the molecule is CC(C)C(=O)OC(C)(C)C.CC(C)COc1ccnn1/C=C/C(C)(C)C(=O)OC(C)(C)C.CCc1cnn(/C=C/C(C)(C)C(=O)OC(C)(C)C)c1OCC(C)C.CCc1cnn(C/C=C(\C)C(=O)OC(C)(C)C)c1OCC(C)C.CCc1cnn(CC=O)c1OCC(C)C.CCc1cnn(CCO)c1OCC(C)C.O=C=O.O=C=O.O=C=O.O=C=O.O=C=O.[Br-]. The van der Waals surface area contributed by atoms with Crippen molar-refractivity contribution in [1.29, 1.82) is 0 Å². The van der Waals surface area contributed by atoms with E-state index in [1.807, 2.05) is 150 Å². The molecule has 0 saturated carbocycles. The summed E-state index contributed by atoms with van der Waals surface area (Å²) in [5.74, 6) is 5.00. The predicted octanol–water partition coefficient (Wildman–Crippen LogP) is 11.1. The Balaban J connectivity index is -0.000000262. The van der Waals surface area contributed by atoms with Crippen LogP contribution < -0.4 is 40.7 Å². The van der Waals surface area contributed by atoms with Crippen LogP contribution in [0.25, 0.3) is 12.4 Å². The lowest BCUT2D eigenvalue weighted by atomic mass is 9.93. The van der Waals surface area contributed by atoms with Crippen LogP contribution in [0.15, 0.2) is 60.9 Å². The summed E-state index contributed by atoms with van der Waals surface area (Å²) in [4.78, 5) is 139. The van der Waals surface area contributed by atoms with Crippen molar-refractivity contribution in [2.45, 2.75) is 296 Å². The Morgan fingerprint density at radius 2 is 0.712 bits per heavy atom. The van der Waals surface area contributed by atoms with Crippen molar-refractivity contribution in [2.75, 3.05) is 39.6 Å². The van der Waals surface area contributed by atoms with E-state index in [0.717, 1.165) is 77.7 Å². The number of carbonyl (C=O) groups is 5. The van der Waals surface area contributed by atoms with Crippen molar-refractivity contribution < 1.29 is 137 Å². The summed E-state index contributed by atoms with van der Waals surface area (Å²) in [5.41, 5.74) is 1.53. The van der Waals surface area contributed by atoms with Crippen LogP contribution in [0.4, 0.5) is 0 Å². The maximum absolute atomic E-state index is 12.3. The lowest BCUT2D eigenvalue weighted by molar-refractivity contribution is -0.193. The number of esters is 4. The second-order valence-corrected chi connectivity index (χ2v) is 34.4. The predicted molar refractivity (Wildman–Crippen MR) is 459 cm³/mol. The normalized spacial score (nSPS) is 10.9. The lowest BCUT2D eigenvalue weighted by Crippen LogP contribution is -3.00. The van der Waals surface area contributed by atoms with Crippen molar-refractivity contribution in [1.82, 2.24) is 48.9 Å². The molecule has 35 nitrogen and oxygen atoms in total. The molecule has 0 spiro atoms. The third-order valence-corrected chi connectivity index (χ3v) is 14.2. The van der Waals surface area contributed by atoms with Gasteiger partial charge in [-0.15, -0.1) is 0 Å². The van der Waals surface area contributed by atoms with E-state index >= 15 is 0 Å². The van der Waals surface area contributed by atoms with Gasteiger partial charge in [-0.2, -0.15) is 73.4 Å². The van der Waals surface area contributed by atoms with E-state index < -0.39 is 27.6 Å². The minimum absolute atomic E-state index is 0. The number of halogens is 1. The first-order valence-electron chi connectivity index (χ1n) is 40.8. The van der Waals surface area contributed by atoms with Gasteiger partial charge in [-0.1, -0.05) is 117 Å². The molecule has 0 bridgehead atoms. The Hall–Kier alpha value is -10.8. The first-order chi connectivity index (χ1) is 57.4. The third-order valence-electron chi connectivity index (χ3n) is 14.2. The van der Waals surface area contributed by atoms with Gasteiger partial charge < -0.3 is 69.5 Å². The number of rotatable bonds is 33. The molecule has 0 fully saturated rings. The number of ether oxygens (including phenoxy) is 9. The van der Waals surface area contributed by atoms with Crippen LogP contribution in [0.5, 0.6) is 29.4 Å². The molecule has 0 unspecified atom stereocenters. The quantitative estimate of drug-likeness (QED) is 0.0176. The lowest BCUT2D eigenvalue weighted by Gasteiger charge is -2.26. The number of carbonyl (C=O) groups excluding carboxylic acids is 15. The zero-order valence-corrected chi connectivity index (χ0v) is 81.8. The molecule has 708 valence electrons. The topological polar surface area (TPSA) is 448 Å². The fourth-order valence-electron chi connectivity index (χ4n) is 8.26. The van der Waals surface area contributed by atoms with Crippen LogP contribution >= 0.6 is 0 Å². The second-order valence-electron chi connectivity index (χ2n) is 34.4. The molecular formula is C89H144BrN10O25-. The first-order valence-corrected chi connectivity index (χ1v) is 40.8. The molecule has 125 heavy (non-hydrogen) atoms. The molecule has 36 heteroatoms. The number of aliphatic hydroxyl groups excluding tert-OH is 1. The molecule has 0 aliphatic heterocycles. The van der Waals surface area contributed by atoms with Gasteiger partial charge in [-0.3, -0.25) is 14.4 Å². The number of allylic oxidation sites excluding steroid dienone is 1. The highest BCUT2D eigenvalue weighted by molar-refractivity contribution is 5.88. The number of aryl methyl sites for hydroxylation is 4. The summed E-state index contributed by atoms with van der Waals surface area (Å²) in [6.45, 7) is 68.9. The zero-order valence-electron chi connectivity index (χ0n) is 80.2. The summed E-state index contributed by atoms with van der Waals surface area (Å²) in [6, 6.07) is 1.80. The highest BCUT2D eigenvalue weighted by Crippen LogP contribution is 2.29. The number of nitrogens with zero attached hydrogens (tertiary/aromatic N) is 10. The van der Waals surface area contributed by atoms with E-state index in [1.54, 1.807) is 79.5 Å². The Kier molecular flexibility index (Phi) is 69.8. The van der Waals surface area contributed by atoms with E-state index in [-0.39, 0.29) is 96.3 Å².